The molecule has 0 saturated heterocycles. The molecule has 2 rings (SSSR count). The van der Waals surface area contributed by atoms with Gasteiger partial charge in [0.15, 0.2) is 5.96 Å². The Hall–Kier alpha value is -1.58. The molecule has 1 aromatic carbocycles. The number of guanidine groups is 1. The van der Waals surface area contributed by atoms with E-state index in [0.29, 0.717) is 17.8 Å². The SMILES string of the molecule is CCNC(=NCC(O)c1ccco1)NCCC(C)N(C)Cc1ccccc1.I. The van der Waals surface area contributed by atoms with Crippen LogP contribution in [0.15, 0.2) is 58.1 Å². The summed E-state index contributed by atoms with van der Waals surface area (Å²) < 4.78 is 5.21. The van der Waals surface area contributed by atoms with Crippen molar-refractivity contribution >= 4 is 29.9 Å². The summed E-state index contributed by atoms with van der Waals surface area (Å²) in [4.78, 5) is 6.80. The van der Waals surface area contributed by atoms with Gasteiger partial charge in [0.1, 0.15) is 11.9 Å². The first kappa shape index (κ1) is 24.5. The second kappa shape index (κ2) is 13.6. The van der Waals surface area contributed by atoms with E-state index in [1.165, 1.54) is 5.56 Å². The molecule has 1 aromatic heterocycles. The Kier molecular flexibility index (Phi) is 11.9. The zero-order valence-electron chi connectivity index (χ0n) is 17.0. The summed E-state index contributed by atoms with van der Waals surface area (Å²) in [7, 11) is 2.15. The van der Waals surface area contributed by atoms with Crippen molar-refractivity contribution in [3.63, 3.8) is 0 Å². The molecule has 7 heteroatoms. The van der Waals surface area contributed by atoms with Crippen molar-refractivity contribution in [2.24, 2.45) is 4.99 Å². The summed E-state index contributed by atoms with van der Waals surface area (Å²) >= 11 is 0. The maximum absolute atomic E-state index is 10.1. The summed E-state index contributed by atoms with van der Waals surface area (Å²) in [6.07, 6.45) is 1.82. The minimum atomic E-state index is -0.730. The van der Waals surface area contributed by atoms with Crippen LogP contribution in [0, 0.1) is 0 Å². The van der Waals surface area contributed by atoms with Crippen molar-refractivity contribution in [2.45, 2.75) is 39.0 Å². The van der Waals surface area contributed by atoms with E-state index < -0.39 is 6.10 Å². The topological polar surface area (TPSA) is 73.0 Å². The fourth-order valence-corrected chi connectivity index (χ4v) is 2.74. The van der Waals surface area contributed by atoms with Gasteiger partial charge in [0.05, 0.1) is 12.8 Å². The average molecular weight is 500 g/mol. The van der Waals surface area contributed by atoms with Crippen molar-refractivity contribution in [3.05, 3.63) is 60.1 Å². The van der Waals surface area contributed by atoms with Crippen LogP contribution in [-0.2, 0) is 6.54 Å². The lowest BCUT2D eigenvalue weighted by Crippen LogP contribution is -2.40. The number of hydrogen-bond acceptors (Lipinski definition) is 4. The van der Waals surface area contributed by atoms with Crippen LogP contribution in [0.1, 0.15) is 37.7 Å². The Labute approximate surface area is 185 Å². The van der Waals surface area contributed by atoms with E-state index in [9.17, 15) is 5.11 Å². The lowest BCUT2D eigenvalue weighted by atomic mass is 10.1. The number of rotatable bonds is 10. The Morgan fingerprint density at radius 2 is 1.93 bits per heavy atom. The third-order valence-corrected chi connectivity index (χ3v) is 4.52. The number of aliphatic hydroxyl groups excluding tert-OH is 1. The molecule has 3 N–H and O–H groups in total. The fraction of sp³-hybridized carbons (Fsp3) is 0.476. The smallest absolute Gasteiger partial charge is 0.191 e. The van der Waals surface area contributed by atoms with Gasteiger partial charge in [-0.2, -0.15) is 0 Å². The van der Waals surface area contributed by atoms with Crippen molar-refractivity contribution < 1.29 is 9.52 Å². The highest BCUT2D eigenvalue weighted by atomic mass is 127. The third kappa shape index (κ3) is 8.62. The summed E-state index contributed by atoms with van der Waals surface area (Å²) in [5, 5.41) is 16.6. The highest BCUT2D eigenvalue weighted by Crippen LogP contribution is 2.13. The number of aliphatic imine (C=N–C) groups is 1. The maximum Gasteiger partial charge on any atom is 0.191 e. The lowest BCUT2D eigenvalue weighted by Gasteiger charge is -2.25. The number of nitrogens with zero attached hydrogens (tertiary/aromatic N) is 2. The number of aliphatic hydroxyl groups is 1. The molecule has 2 aromatic rings. The van der Waals surface area contributed by atoms with Gasteiger partial charge in [-0.25, -0.2) is 0 Å². The van der Waals surface area contributed by atoms with Gasteiger partial charge in [-0.15, -0.1) is 24.0 Å². The van der Waals surface area contributed by atoms with E-state index in [1.54, 1.807) is 18.4 Å². The molecule has 1 heterocycles. The van der Waals surface area contributed by atoms with Crippen molar-refractivity contribution in [1.82, 2.24) is 15.5 Å². The molecular weight excluding hydrogens is 467 g/mol. The normalized spacial score (nSPS) is 13.7. The van der Waals surface area contributed by atoms with E-state index in [4.69, 9.17) is 4.42 Å². The van der Waals surface area contributed by atoms with Crippen LogP contribution in [0.4, 0.5) is 0 Å². The molecule has 0 amide bonds. The Bertz CT molecular complexity index is 664. The number of benzene rings is 1. The molecule has 0 bridgehead atoms. The first-order valence-electron chi connectivity index (χ1n) is 9.58. The third-order valence-electron chi connectivity index (χ3n) is 4.52. The number of nitrogens with one attached hydrogen (secondary N) is 2. The lowest BCUT2D eigenvalue weighted by molar-refractivity contribution is 0.158. The molecule has 2 unspecified atom stereocenters. The van der Waals surface area contributed by atoms with Crippen molar-refractivity contribution in [2.75, 3.05) is 26.7 Å². The molecule has 0 saturated carbocycles. The minimum absolute atomic E-state index is 0. The minimum Gasteiger partial charge on any atom is -0.467 e. The summed E-state index contributed by atoms with van der Waals surface area (Å²) in [5.41, 5.74) is 1.32. The molecule has 156 valence electrons. The van der Waals surface area contributed by atoms with Gasteiger partial charge < -0.3 is 20.2 Å². The van der Waals surface area contributed by atoms with E-state index in [0.717, 1.165) is 26.1 Å². The zero-order valence-corrected chi connectivity index (χ0v) is 19.3. The Morgan fingerprint density at radius 3 is 2.57 bits per heavy atom. The van der Waals surface area contributed by atoms with Gasteiger partial charge in [-0.05, 0) is 45.0 Å². The van der Waals surface area contributed by atoms with Crippen LogP contribution in [-0.4, -0.2) is 48.7 Å². The molecule has 0 radical (unpaired) electrons. The molecule has 0 aliphatic heterocycles. The molecule has 0 aliphatic rings. The summed E-state index contributed by atoms with van der Waals surface area (Å²) in [5.74, 6) is 1.24. The second-order valence-corrected chi connectivity index (χ2v) is 6.72. The maximum atomic E-state index is 10.1. The Balaban J connectivity index is 0.00000392. The highest BCUT2D eigenvalue weighted by molar-refractivity contribution is 14.0. The largest absolute Gasteiger partial charge is 0.467 e. The molecule has 28 heavy (non-hydrogen) atoms. The standard InChI is InChI=1S/C21H32N4O2.HI/c1-4-22-21(24-15-19(26)20-11-8-14-27-20)23-13-12-17(2)25(3)16-18-9-6-5-7-10-18;/h5-11,14,17,19,26H,4,12-13,15-16H2,1-3H3,(H2,22,23,24);1H. The van der Waals surface area contributed by atoms with E-state index in [2.05, 4.69) is 58.8 Å². The molecule has 0 spiro atoms. The van der Waals surface area contributed by atoms with Gasteiger partial charge in [0, 0.05) is 25.7 Å². The first-order valence-corrected chi connectivity index (χ1v) is 9.58. The highest BCUT2D eigenvalue weighted by Gasteiger charge is 2.11. The molecule has 0 aliphatic carbocycles. The molecular formula is C21H33IN4O2. The summed E-state index contributed by atoms with van der Waals surface area (Å²) in [6.45, 7) is 7.03. The average Bonchev–Trinajstić information content (AvgIpc) is 3.21. The summed E-state index contributed by atoms with van der Waals surface area (Å²) in [6, 6.07) is 14.5. The van der Waals surface area contributed by atoms with Crippen LogP contribution in [0.3, 0.4) is 0 Å². The zero-order chi connectivity index (χ0) is 19.5. The van der Waals surface area contributed by atoms with E-state index in [-0.39, 0.29) is 30.5 Å². The van der Waals surface area contributed by atoms with Gasteiger partial charge in [-0.1, -0.05) is 30.3 Å². The van der Waals surface area contributed by atoms with Gasteiger partial charge in [0.25, 0.3) is 0 Å². The molecule has 2 atom stereocenters. The van der Waals surface area contributed by atoms with Crippen LogP contribution in [0.2, 0.25) is 0 Å². The van der Waals surface area contributed by atoms with Crippen LogP contribution < -0.4 is 10.6 Å². The predicted molar refractivity (Wildman–Crippen MR) is 125 cm³/mol. The van der Waals surface area contributed by atoms with Crippen LogP contribution in [0.25, 0.3) is 0 Å². The second-order valence-electron chi connectivity index (χ2n) is 6.72. The Morgan fingerprint density at radius 1 is 1.18 bits per heavy atom. The van der Waals surface area contributed by atoms with Crippen LogP contribution in [0.5, 0.6) is 0 Å². The fourth-order valence-electron chi connectivity index (χ4n) is 2.74. The number of hydrogen-bond donors (Lipinski definition) is 3. The van der Waals surface area contributed by atoms with Gasteiger partial charge >= 0.3 is 0 Å². The van der Waals surface area contributed by atoms with Gasteiger partial charge in [-0.3, -0.25) is 9.89 Å². The van der Waals surface area contributed by atoms with E-state index >= 15 is 0 Å². The molecule has 6 nitrogen and oxygen atoms in total. The van der Waals surface area contributed by atoms with Gasteiger partial charge in [0.2, 0.25) is 0 Å². The van der Waals surface area contributed by atoms with Crippen LogP contribution >= 0.6 is 24.0 Å². The van der Waals surface area contributed by atoms with Crippen molar-refractivity contribution in [3.8, 4) is 0 Å². The predicted octanol–water partition coefficient (Wildman–Crippen LogP) is 3.40. The van der Waals surface area contributed by atoms with E-state index in [1.807, 2.05) is 13.0 Å². The quantitative estimate of drug-likeness (QED) is 0.265. The monoisotopic (exact) mass is 500 g/mol. The first-order chi connectivity index (χ1) is 13.1. The number of halogens is 1. The molecule has 0 fully saturated rings. The van der Waals surface area contributed by atoms with Crippen molar-refractivity contribution in [1.29, 1.82) is 0 Å². The number of furan rings is 1.